The highest BCUT2D eigenvalue weighted by molar-refractivity contribution is 5.85. The summed E-state index contributed by atoms with van der Waals surface area (Å²) in [4.78, 5) is 25.2. The Bertz CT molecular complexity index is 5420. The van der Waals surface area contributed by atoms with Crippen molar-refractivity contribution in [1.82, 2.24) is 40.2 Å². The summed E-state index contributed by atoms with van der Waals surface area (Å²) < 4.78 is 102. The van der Waals surface area contributed by atoms with Crippen molar-refractivity contribution in [3.8, 4) is 44.5 Å². The molecule has 4 saturated heterocycles. The summed E-state index contributed by atoms with van der Waals surface area (Å²) in [5, 5.41) is 16.2. The van der Waals surface area contributed by atoms with Gasteiger partial charge in [-0.3, -0.25) is 0 Å². The fourth-order valence-corrected chi connectivity index (χ4v) is 13.7. The average molecular weight is 1610 g/mol. The lowest BCUT2D eigenvalue weighted by Crippen LogP contribution is -2.44. The van der Waals surface area contributed by atoms with Gasteiger partial charge in [0, 0.05) is 116 Å². The summed E-state index contributed by atoms with van der Waals surface area (Å²) in [5.74, 6) is 2.79. The summed E-state index contributed by atoms with van der Waals surface area (Å²) >= 11 is 0. The lowest BCUT2D eigenvalue weighted by molar-refractivity contribution is 0.0673. The van der Waals surface area contributed by atoms with Gasteiger partial charge in [-0.1, -0.05) is 210 Å². The maximum Gasteiger partial charge on any atom is 0.254 e. The van der Waals surface area contributed by atoms with Gasteiger partial charge in [-0.25, -0.2) is 27.5 Å². The molecule has 0 atom stereocenters. The summed E-state index contributed by atoms with van der Waals surface area (Å²) in [6, 6.07) is 65.2. The van der Waals surface area contributed by atoms with Crippen molar-refractivity contribution in [3.63, 3.8) is 0 Å². The van der Waals surface area contributed by atoms with Crippen LogP contribution in [-0.2, 0) is 37.5 Å². The van der Waals surface area contributed by atoms with Crippen molar-refractivity contribution < 1.29 is 54.6 Å². The van der Waals surface area contributed by atoms with Crippen LogP contribution in [0.25, 0.3) is 61.2 Å². The van der Waals surface area contributed by atoms with E-state index in [0.29, 0.717) is 194 Å². The molecular weight excluding hydrogens is 1520 g/mol. The summed E-state index contributed by atoms with van der Waals surface area (Å²) in [6.07, 6.45) is 1.82. The number of ether oxygens (including phenoxy) is 4. The van der Waals surface area contributed by atoms with Gasteiger partial charge in [0.05, 0.1) is 64.8 Å². The molecule has 12 aromatic rings. The third-order valence-electron chi connectivity index (χ3n) is 20.7. The quantitative estimate of drug-likeness (QED) is 0.0352. The Morgan fingerprint density at radius 3 is 1.18 bits per heavy atom. The molecule has 1 saturated carbocycles. The smallest absolute Gasteiger partial charge is 0.254 e. The Morgan fingerprint density at radius 1 is 0.370 bits per heavy atom. The van der Waals surface area contributed by atoms with Gasteiger partial charge in [0.1, 0.15) is 52.7 Å². The van der Waals surface area contributed by atoms with Gasteiger partial charge in [0.15, 0.2) is 41.2 Å². The zero-order valence-corrected chi connectivity index (χ0v) is 65.5. The first-order valence-corrected chi connectivity index (χ1v) is 38.9. The summed E-state index contributed by atoms with van der Waals surface area (Å²) in [6.45, 7) is 23.4. The van der Waals surface area contributed by atoms with Gasteiger partial charge < -0.3 is 79.6 Å². The molecule has 0 spiro atoms. The van der Waals surface area contributed by atoms with E-state index in [0.717, 1.165) is 78.3 Å². The van der Waals surface area contributed by atoms with Crippen LogP contribution in [0.4, 0.5) is 29.3 Å². The standard InChI is InChI=1S/C24H25FN4O2.C23H23FN4O2.2C22H21FN4O2/c25-21-14-18(6-7-20(21)17-4-2-1-3-5-17)24(8-9-24)22-15-19(28-31-22)16-27-23(26)29-10-12-30-13-11-29;1-16(18-7-8-20(21(24)13-18)17-5-3-2-4-6-17)22-14-19(30-27-22)15-26-23(25)28-9-11-29-12-10-28;1-15(17-7-8-18(19(23)13-17)16-5-3-2-4-6-16)20-14-21(26-29-20)25-22(24)27-9-11-28-12-10-27;1-15(17-7-8-18(19(23)13-17)16-5-3-2-4-6-16)20-14-21(29-26-20)25-22(24)27-9-11-28-12-10-27/h1-7,14-15H,8-13,16H2,(H2,26,27);2-8,13-14H,1,9-12,15H2,(H2,25,26);2-8,13-14H,1,9-12H2,(H2,24,25,26);2-8,13-14H,1,9-12H2,(H2,24,25). The van der Waals surface area contributed by atoms with Crippen LogP contribution in [0.2, 0.25) is 0 Å². The number of guanidine groups is 4. The minimum atomic E-state index is -0.329. The molecular formula is C91H90F4N16O8. The Labute approximate surface area is 685 Å². The van der Waals surface area contributed by atoms with Gasteiger partial charge in [-0.05, 0) is 81.6 Å². The van der Waals surface area contributed by atoms with Crippen LogP contribution in [0.15, 0.2) is 276 Å². The van der Waals surface area contributed by atoms with Gasteiger partial charge >= 0.3 is 0 Å². The highest BCUT2D eigenvalue weighted by atomic mass is 19.1. The zero-order chi connectivity index (χ0) is 82.6. The maximum atomic E-state index is 14.9. The molecule has 1 aliphatic carbocycles. The normalized spacial score (nSPS) is 15.7. The number of aromatic nitrogens is 4. The van der Waals surface area contributed by atoms with E-state index in [9.17, 15) is 17.6 Å². The molecule has 8 aromatic carbocycles. The number of nitrogens with zero attached hydrogens (tertiary/aromatic N) is 12. The molecule has 28 heteroatoms. The number of halogens is 4. The molecule has 610 valence electrons. The zero-order valence-electron chi connectivity index (χ0n) is 65.5. The minimum Gasteiger partial charge on any atom is -0.378 e. The lowest BCUT2D eigenvalue weighted by Gasteiger charge is -2.27. The predicted molar refractivity (Wildman–Crippen MR) is 451 cm³/mol. The molecule has 0 amide bonds. The van der Waals surface area contributed by atoms with Crippen LogP contribution >= 0.6 is 0 Å². The fourth-order valence-electron chi connectivity index (χ4n) is 13.7. The second kappa shape index (κ2) is 38.9. The van der Waals surface area contributed by atoms with E-state index in [4.69, 9.17) is 60.0 Å². The molecule has 0 bridgehead atoms. The Balaban J connectivity index is 0.000000130. The van der Waals surface area contributed by atoms with Crippen LogP contribution in [-0.4, -0.2) is 169 Å². The SMILES string of the molecule is C=C(c1ccc(-c2ccccc2)c(F)c1)c1cc(CN=C(N)N2CCOCC2)on1.C=C(c1ccc(-c2ccccc2)c(F)c1)c1cc(N=C(N)N2CCOCC2)no1.C=C(c1ccc(-c2ccccc2)c(F)c1)c1cc(N=C(N)N2CCOCC2)on1.NC(=NCc1cc(C2(c3ccc(-c4ccccc4)c(F)c3)CC2)on1)N1CCOCC1. The predicted octanol–water partition coefficient (Wildman–Crippen LogP) is 15.0. The first-order valence-electron chi connectivity index (χ1n) is 38.9. The van der Waals surface area contributed by atoms with Gasteiger partial charge in [0.2, 0.25) is 0 Å². The molecule has 4 aromatic heterocycles. The molecule has 119 heavy (non-hydrogen) atoms. The lowest BCUT2D eigenvalue weighted by atomic mass is 9.91. The van der Waals surface area contributed by atoms with Crippen molar-refractivity contribution in [3.05, 3.63) is 318 Å². The maximum absolute atomic E-state index is 14.9. The highest BCUT2D eigenvalue weighted by Gasteiger charge is 2.50. The van der Waals surface area contributed by atoms with Crippen molar-refractivity contribution in [2.24, 2.45) is 42.9 Å². The number of hydrogen-bond acceptors (Lipinski definition) is 16. The number of nitrogens with two attached hydrogens (primary N) is 4. The Kier molecular flexibility index (Phi) is 26.8. The second-order valence-electron chi connectivity index (χ2n) is 28.4. The molecule has 8 N–H and O–H groups in total. The largest absolute Gasteiger partial charge is 0.378 e. The molecule has 0 unspecified atom stereocenters. The van der Waals surface area contributed by atoms with Crippen molar-refractivity contribution in [2.75, 3.05) is 105 Å². The fraction of sp³-hybridized carbons (Fsp3) is 0.231. The number of benzene rings is 8. The van der Waals surface area contributed by atoms with E-state index in [1.54, 1.807) is 48.5 Å². The third-order valence-corrected chi connectivity index (χ3v) is 20.7. The van der Waals surface area contributed by atoms with E-state index < -0.39 is 0 Å². The highest BCUT2D eigenvalue weighted by Crippen LogP contribution is 2.54. The van der Waals surface area contributed by atoms with E-state index in [1.165, 1.54) is 18.2 Å². The molecule has 5 fully saturated rings. The Morgan fingerprint density at radius 2 is 0.756 bits per heavy atom. The number of hydrogen-bond donors (Lipinski definition) is 4. The number of morpholine rings is 4. The van der Waals surface area contributed by atoms with Crippen LogP contribution < -0.4 is 22.9 Å². The number of aliphatic imine (C=N–C) groups is 4. The first kappa shape index (κ1) is 82.0. The molecule has 5 aliphatic rings. The van der Waals surface area contributed by atoms with Crippen molar-refractivity contribution >= 4 is 52.3 Å². The van der Waals surface area contributed by atoms with Crippen LogP contribution in [0, 0.1) is 23.3 Å². The number of rotatable bonds is 18. The molecule has 8 heterocycles. The van der Waals surface area contributed by atoms with Gasteiger partial charge in [-0.2, -0.15) is 9.98 Å². The van der Waals surface area contributed by atoms with Crippen molar-refractivity contribution in [2.45, 2.75) is 31.3 Å². The first-order chi connectivity index (χ1) is 58.0. The van der Waals surface area contributed by atoms with Crippen LogP contribution in [0.5, 0.6) is 0 Å². The molecule has 0 radical (unpaired) electrons. The van der Waals surface area contributed by atoms with E-state index in [1.807, 2.05) is 171 Å². The minimum absolute atomic E-state index is 0.224. The second-order valence-corrected chi connectivity index (χ2v) is 28.4. The summed E-state index contributed by atoms with van der Waals surface area (Å²) in [7, 11) is 0. The molecule has 17 rings (SSSR count). The summed E-state index contributed by atoms with van der Waals surface area (Å²) in [5.41, 5.74) is 35.6. The molecule has 4 aliphatic heterocycles. The van der Waals surface area contributed by atoms with E-state index >= 15 is 0 Å². The van der Waals surface area contributed by atoms with Crippen LogP contribution in [0.3, 0.4) is 0 Å². The van der Waals surface area contributed by atoms with Crippen LogP contribution in [0.1, 0.15) is 69.5 Å². The third kappa shape index (κ3) is 20.8. The Hall–Kier alpha value is -13.5. The topological polar surface area (TPSA) is 308 Å². The van der Waals surface area contributed by atoms with E-state index in [-0.39, 0.29) is 41.1 Å². The van der Waals surface area contributed by atoms with Gasteiger partial charge in [0.25, 0.3) is 5.88 Å². The van der Waals surface area contributed by atoms with Gasteiger partial charge in [-0.15, -0.1) is 0 Å². The molecule has 24 nitrogen and oxygen atoms in total. The average Bonchev–Trinajstić information content (AvgIpc) is 1.58. The monoisotopic (exact) mass is 1610 g/mol. The van der Waals surface area contributed by atoms with E-state index in [2.05, 4.69) is 60.3 Å². The van der Waals surface area contributed by atoms with Crippen molar-refractivity contribution in [1.29, 1.82) is 0 Å².